The maximum atomic E-state index is 14.5. The lowest BCUT2D eigenvalue weighted by Crippen LogP contribution is -2.38. The van der Waals surface area contributed by atoms with Crippen LogP contribution in [0, 0.1) is 5.82 Å². The number of primary sulfonamides is 1. The zero-order valence-corrected chi connectivity index (χ0v) is 14.8. The molecule has 0 aromatic heterocycles. The van der Waals surface area contributed by atoms with E-state index in [1.807, 2.05) is 4.90 Å². The molecular formula is C16H22FN3O4S. The van der Waals surface area contributed by atoms with Crippen molar-refractivity contribution in [1.82, 2.24) is 0 Å². The van der Waals surface area contributed by atoms with E-state index >= 15 is 0 Å². The van der Waals surface area contributed by atoms with Gasteiger partial charge in [-0.3, -0.25) is 4.90 Å². The van der Waals surface area contributed by atoms with E-state index in [1.165, 1.54) is 17.9 Å². The maximum absolute atomic E-state index is 14.5. The van der Waals surface area contributed by atoms with Crippen molar-refractivity contribution in [2.75, 3.05) is 29.4 Å². The molecule has 25 heavy (non-hydrogen) atoms. The van der Waals surface area contributed by atoms with Gasteiger partial charge in [-0.2, -0.15) is 0 Å². The van der Waals surface area contributed by atoms with Crippen molar-refractivity contribution in [1.29, 1.82) is 0 Å². The molecular weight excluding hydrogens is 349 g/mol. The van der Waals surface area contributed by atoms with Gasteiger partial charge in [0.1, 0.15) is 17.2 Å². The van der Waals surface area contributed by atoms with E-state index in [4.69, 9.17) is 9.88 Å². The third-order valence-corrected chi connectivity index (χ3v) is 6.16. The summed E-state index contributed by atoms with van der Waals surface area (Å²) in [6.45, 7) is 3.03. The Kier molecular flexibility index (Phi) is 4.88. The fourth-order valence-corrected chi connectivity index (χ4v) is 3.77. The molecule has 0 radical (unpaired) electrons. The van der Waals surface area contributed by atoms with Crippen LogP contribution in [0.2, 0.25) is 0 Å². The van der Waals surface area contributed by atoms with E-state index in [9.17, 15) is 17.6 Å². The monoisotopic (exact) mass is 371 g/mol. The average Bonchev–Trinajstić information content (AvgIpc) is 2.95. The number of rotatable bonds is 4. The molecule has 9 heteroatoms. The number of piperidine rings is 1. The van der Waals surface area contributed by atoms with Crippen LogP contribution in [0.4, 0.5) is 20.6 Å². The predicted molar refractivity (Wildman–Crippen MR) is 92.6 cm³/mol. The smallest absolute Gasteiger partial charge is 0.414 e. The normalized spacial score (nSPS) is 22.8. The zero-order valence-electron chi connectivity index (χ0n) is 14.0. The van der Waals surface area contributed by atoms with E-state index in [0.29, 0.717) is 11.4 Å². The Balaban J connectivity index is 1.78. The predicted octanol–water partition coefficient (Wildman–Crippen LogP) is 1.82. The van der Waals surface area contributed by atoms with E-state index < -0.39 is 33.3 Å². The minimum absolute atomic E-state index is 0.0128. The maximum Gasteiger partial charge on any atom is 0.414 e. The summed E-state index contributed by atoms with van der Waals surface area (Å²) in [5, 5.41) is 4.08. The van der Waals surface area contributed by atoms with Crippen molar-refractivity contribution in [2.24, 2.45) is 5.14 Å². The molecule has 1 aromatic carbocycles. The molecule has 2 heterocycles. The summed E-state index contributed by atoms with van der Waals surface area (Å²) in [5.41, 5.74) is 0.859. The second-order valence-electron chi connectivity index (χ2n) is 6.51. The summed E-state index contributed by atoms with van der Waals surface area (Å²) in [6.07, 6.45) is 1.64. The molecule has 1 unspecified atom stereocenters. The largest absolute Gasteiger partial charge is 0.442 e. The Bertz CT molecular complexity index is 765. The van der Waals surface area contributed by atoms with Crippen LogP contribution in [0.15, 0.2) is 18.2 Å². The van der Waals surface area contributed by atoms with Gasteiger partial charge in [0.05, 0.1) is 17.9 Å². The van der Waals surface area contributed by atoms with Crippen molar-refractivity contribution in [3.05, 3.63) is 24.0 Å². The lowest BCUT2D eigenvalue weighted by molar-refractivity contribution is 0.140. The SMILES string of the molecule is C[C@H](C1CN(c2ccc(N3CCCCC3)c(F)c2)C(=O)O1)S(N)(=O)=O. The number of hydrogen-bond donors (Lipinski definition) is 1. The second-order valence-corrected chi connectivity index (χ2v) is 8.43. The number of cyclic esters (lactones) is 1. The molecule has 0 spiro atoms. The number of hydrogen-bond acceptors (Lipinski definition) is 5. The van der Waals surface area contributed by atoms with Crippen molar-refractivity contribution in [3.63, 3.8) is 0 Å². The van der Waals surface area contributed by atoms with Crippen LogP contribution in [0.3, 0.4) is 0 Å². The molecule has 2 aliphatic heterocycles. The molecule has 2 saturated heterocycles. The number of halogens is 1. The number of carbonyl (C=O) groups is 1. The number of anilines is 2. The van der Waals surface area contributed by atoms with Crippen LogP contribution in [0.1, 0.15) is 26.2 Å². The topological polar surface area (TPSA) is 92.9 Å². The quantitative estimate of drug-likeness (QED) is 0.871. The second kappa shape index (κ2) is 6.80. The number of carbonyl (C=O) groups excluding carboxylic acids is 1. The molecule has 1 aromatic rings. The highest BCUT2D eigenvalue weighted by molar-refractivity contribution is 7.89. The minimum Gasteiger partial charge on any atom is -0.442 e. The van der Waals surface area contributed by atoms with Crippen molar-refractivity contribution < 1.29 is 22.3 Å². The van der Waals surface area contributed by atoms with E-state index in [2.05, 4.69) is 0 Å². The van der Waals surface area contributed by atoms with Crippen LogP contribution in [-0.2, 0) is 14.8 Å². The summed E-state index contributed by atoms with van der Waals surface area (Å²) in [6, 6.07) is 4.59. The summed E-state index contributed by atoms with van der Waals surface area (Å²) >= 11 is 0. The Labute approximate surface area is 146 Å². The molecule has 0 saturated carbocycles. The molecule has 2 aliphatic rings. The van der Waals surface area contributed by atoms with E-state index in [1.54, 1.807) is 12.1 Å². The zero-order chi connectivity index (χ0) is 18.2. The molecule has 2 N–H and O–H groups in total. The molecule has 138 valence electrons. The van der Waals surface area contributed by atoms with Gasteiger partial charge < -0.3 is 9.64 Å². The Morgan fingerprint density at radius 3 is 2.56 bits per heavy atom. The lowest BCUT2D eigenvalue weighted by Gasteiger charge is -2.29. The molecule has 0 aliphatic carbocycles. The van der Waals surface area contributed by atoms with Gasteiger partial charge in [-0.1, -0.05) is 0 Å². The first-order chi connectivity index (χ1) is 11.8. The van der Waals surface area contributed by atoms with Gasteiger partial charge in [-0.05, 0) is 44.4 Å². The van der Waals surface area contributed by atoms with Gasteiger partial charge in [0.25, 0.3) is 0 Å². The van der Waals surface area contributed by atoms with Crippen LogP contribution in [-0.4, -0.2) is 45.5 Å². The van der Waals surface area contributed by atoms with Gasteiger partial charge >= 0.3 is 6.09 Å². The summed E-state index contributed by atoms with van der Waals surface area (Å²) in [5.74, 6) is -0.407. The summed E-state index contributed by atoms with van der Waals surface area (Å²) in [4.78, 5) is 15.3. The number of ether oxygens (including phenoxy) is 1. The van der Waals surface area contributed by atoms with Crippen molar-refractivity contribution in [3.8, 4) is 0 Å². The number of amides is 1. The van der Waals surface area contributed by atoms with Crippen LogP contribution >= 0.6 is 0 Å². The first kappa shape index (κ1) is 17.9. The molecule has 3 rings (SSSR count). The van der Waals surface area contributed by atoms with Crippen LogP contribution in [0.5, 0.6) is 0 Å². The fraction of sp³-hybridized carbons (Fsp3) is 0.562. The molecule has 0 bridgehead atoms. The average molecular weight is 371 g/mol. The molecule has 2 atom stereocenters. The highest BCUT2D eigenvalue weighted by Gasteiger charge is 2.40. The minimum atomic E-state index is -3.83. The highest BCUT2D eigenvalue weighted by atomic mass is 32.2. The number of benzene rings is 1. The number of sulfonamides is 1. The lowest BCUT2D eigenvalue weighted by atomic mass is 10.1. The van der Waals surface area contributed by atoms with Crippen molar-refractivity contribution in [2.45, 2.75) is 37.5 Å². The van der Waals surface area contributed by atoms with Gasteiger partial charge in [0, 0.05) is 13.1 Å². The highest BCUT2D eigenvalue weighted by Crippen LogP contribution is 2.30. The van der Waals surface area contributed by atoms with E-state index in [0.717, 1.165) is 32.4 Å². The van der Waals surface area contributed by atoms with Crippen molar-refractivity contribution >= 4 is 27.5 Å². The van der Waals surface area contributed by atoms with Gasteiger partial charge in [-0.25, -0.2) is 22.7 Å². The van der Waals surface area contributed by atoms with E-state index in [-0.39, 0.29) is 6.54 Å². The fourth-order valence-electron chi connectivity index (χ4n) is 3.21. The molecule has 2 fully saturated rings. The Morgan fingerprint density at radius 1 is 1.28 bits per heavy atom. The van der Waals surface area contributed by atoms with Gasteiger partial charge in [-0.15, -0.1) is 0 Å². The standard InChI is InChI=1S/C16H22FN3O4S/c1-11(25(18,22)23)15-10-20(16(21)24-15)12-5-6-14(13(17)9-12)19-7-3-2-4-8-19/h5-6,9,11,15H,2-4,7-8,10H2,1H3,(H2,18,22,23)/t11-,15?/m1/s1. The number of nitrogens with zero attached hydrogens (tertiary/aromatic N) is 2. The Morgan fingerprint density at radius 2 is 1.96 bits per heavy atom. The third kappa shape index (κ3) is 3.72. The third-order valence-electron chi connectivity index (χ3n) is 4.82. The molecule has 7 nitrogen and oxygen atoms in total. The first-order valence-corrected chi connectivity index (χ1v) is 9.92. The van der Waals surface area contributed by atoms with Gasteiger partial charge in [0.15, 0.2) is 0 Å². The summed E-state index contributed by atoms with van der Waals surface area (Å²) < 4.78 is 42.5. The molecule has 1 amide bonds. The van der Waals surface area contributed by atoms with Gasteiger partial charge in [0.2, 0.25) is 10.0 Å². The van der Waals surface area contributed by atoms with Crippen LogP contribution in [0.25, 0.3) is 0 Å². The summed E-state index contributed by atoms with van der Waals surface area (Å²) in [7, 11) is -3.83. The number of nitrogens with two attached hydrogens (primary N) is 1. The van der Waals surface area contributed by atoms with Crippen LogP contribution < -0.4 is 14.9 Å². The first-order valence-electron chi connectivity index (χ1n) is 8.31. The Hall–Kier alpha value is -1.87.